The lowest BCUT2D eigenvalue weighted by Crippen LogP contribution is -2.34. The molecule has 1 amide bonds. The van der Waals surface area contributed by atoms with Crippen LogP contribution in [0, 0.1) is 5.82 Å². The highest BCUT2D eigenvalue weighted by Crippen LogP contribution is 2.29. The highest BCUT2D eigenvalue weighted by Gasteiger charge is 2.21. The van der Waals surface area contributed by atoms with Crippen LogP contribution in [0.4, 0.5) is 4.39 Å². The van der Waals surface area contributed by atoms with Crippen molar-refractivity contribution in [3.05, 3.63) is 70.5 Å². The minimum atomic E-state index is -3.75. The molecule has 4 nitrogen and oxygen atoms in total. The Bertz CT molecular complexity index is 893. The summed E-state index contributed by atoms with van der Waals surface area (Å²) in [6.07, 6.45) is 0.236. The molecule has 0 aliphatic carbocycles. The van der Waals surface area contributed by atoms with Gasteiger partial charge in [-0.05, 0) is 52.6 Å². The molecule has 0 heterocycles. The molecule has 6 heteroatoms. The van der Waals surface area contributed by atoms with Gasteiger partial charge in [-0.2, -0.15) is 0 Å². The van der Waals surface area contributed by atoms with Crippen LogP contribution in [0.5, 0.6) is 0 Å². The maximum atomic E-state index is 14.0. The summed E-state index contributed by atoms with van der Waals surface area (Å²) in [4.78, 5) is 12.5. The number of rotatable bonds is 8. The fourth-order valence-electron chi connectivity index (χ4n) is 3.23. The maximum absolute atomic E-state index is 14.0. The smallest absolute Gasteiger partial charge is 0.237 e. The fraction of sp³-hybridized carbons (Fsp3) is 0.409. The number of amides is 1. The molecule has 2 aromatic carbocycles. The van der Waals surface area contributed by atoms with Gasteiger partial charge in [0.05, 0.1) is 12.2 Å². The molecular formula is C22H28FNO3S. The monoisotopic (exact) mass is 405 g/mol. The van der Waals surface area contributed by atoms with Gasteiger partial charge in [-0.25, -0.2) is 12.8 Å². The van der Waals surface area contributed by atoms with E-state index in [2.05, 4.69) is 4.72 Å². The highest BCUT2D eigenvalue weighted by atomic mass is 32.2. The normalized spacial score (nSPS) is 11.8. The Kier molecular flexibility index (Phi) is 7.35. The van der Waals surface area contributed by atoms with Crippen LogP contribution in [0.2, 0.25) is 0 Å². The van der Waals surface area contributed by atoms with Crippen LogP contribution < -0.4 is 4.72 Å². The zero-order valence-corrected chi connectivity index (χ0v) is 17.6. The Morgan fingerprint density at radius 3 is 2.04 bits per heavy atom. The molecule has 152 valence electrons. The Balaban J connectivity index is 2.15. The van der Waals surface area contributed by atoms with Gasteiger partial charge in [-0.3, -0.25) is 9.52 Å². The van der Waals surface area contributed by atoms with E-state index in [1.165, 1.54) is 12.1 Å². The first kappa shape index (κ1) is 22.1. The molecule has 0 aromatic heterocycles. The Labute approximate surface area is 167 Å². The van der Waals surface area contributed by atoms with Crippen molar-refractivity contribution < 1.29 is 17.6 Å². The zero-order chi connectivity index (χ0) is 20.9. The number of nitrogens with one attached hydrogen (secondary N) is 1. The molecule has 2 rings (SSSR count). The molecule has 0 saturated heterocycles. The van der Waals surface area contributed by atoms with E-state index >= 15 is 0 Å². The van der Waals surface area contributed by atoms with Crippen molar-refractivity contribution in [2.75, 3.05) is 5.75 Å². The number of carbonyl (C=O) groups is 1. The first-order valence-corrected chi connectivity index (χ1v) is 11.1. The second-order valence-electron chi connectivity index (χ2n) is 7.63. The van der Waals surface area contributed by atoms with E-state index in [0.29, 0.717) is 12.0 Å². The second-order valence-corrected chi connectivity index (χ2v) is 9.47. The number of hydrogen-bond acceptors (Lipinski definition) is 3. The van der Waals surface area contributed by atoms with Crippen LogP contribution in [0.15, 0.2) is 42.5 Å². The molecule has 1 N–H and O–H groups in total. The van der Waals surface area contributed by atoms with Gasteiger partial charge < -0.3 is 0 Å². The van der Waals surface area contributed by atoms with Crippen LogP contribution in [0.1, 0.15) is 61.8 Å². The molecule has 0 radical (unpaired) electrons. The molecule has 0 fully saturated rings. The van der Waals surface area contributed by atoms with Gasteiger partial charge in [0.25, 0.3) is 0 Å². The minimum Gasteiger partial charge on any atom is -0.274 e. The Morgan fingerprint density at radius 1 is 1.00 bits per heavy atom. The lowest BCUT2D eigenvalue weighted by atomic mass is 9.87. The van der Waals surface area contributed by atoms with E-state index in [1.54, 1.807) is 0 Å². The highest BCUT2D eigenvalue weighted by molar-refractivity contribution is 7.90. The summed E-state index contributed by atoms with van der Waals surface area (Å²) < 4.78 is 40.8. The molecule has 0 spiro atoms. The fourth-order valence-corrected chi connectivity index (χ4v) is 4.26. The van der Waals surface area contributed by atoms with Gasteiger partial charge in [0.15, 0.2) is 0 Å². The zero-order valence-electron chi connectivity index (χ0n) is 16.8. The van der Waals surface area contributed by atoms with E-state index in [9.17, 15) is 17.6 Å². The number of halogens is 1. The van der Waals surface area contributed by atoms with Crippen LogP contribution >= 0.6 is 0 Å². The van der Waals surface area contributed by atoms with Gasteiger partial charge in [-0.1, -0.05) is 58.0 Å². The van der Waals surface area contributed by atoms with Gasteiger partial charge in [0, 0.05) is 0 Å². The number of benzene rings is 2. The first-order chi connectivity index (χ1) is 13.1. The third-order valence-electron chi connectivity index (χ3n) is 4.64. The average molecular weight is 406 g/mol. The predicted octanol–water partition coefficient (Wildman–Crippen LogP) is 4.30. The van der Waals surface area contributed by atoms with Crippen molar-refractivity contribution in [3.8, 4) is 0 Å². The largest absolute Gasteiger partial charge is 0.274 e. The summed E-state index contributed by atoms with van der Waals surface area (Å²) >= 11 is 0. The summed E-state index contributed by atoms with van der Waals surface area (Å²) in [5, 5.41) is 0. The third kappa shape index (κ3) is 6.16. The summed E-state index contributed by atoms with van der Waals surface area (Å²) in [5.74, 6) is -1.06. The van der Waals surface area contributed by atoms with Crippen molar-refractivity contribution >= 4 is 15.9 Å². The quantitative estimate of drug-likeness (QED) is 0.712. The minimum absolute atomic E-state index is 0.0192. The Hall–Kier alpha value is -2.21. The van der Waals surface area contributed by atoms with Crippen LogP contribution in [0.25, 0.3) is 0 Å². The summed E-state index contributed by atoms with van der Waals surface area (Å²) in [7, 11) is -3.75. The molecule has 0 saturated carbocycles. The number of aryl methyl sites for hydroxylation is 1. The molecule has 0 unspecified atom stereocenters. The van der Waals surface area contributed by atoms with Crippen molar-refractivity contribution in [2.24, 2.45) is 0 Å². The van der Waals surface area contributed by atoms with Crippen LogP contribution in [0.3, 0.4) is 0 Å². The van der Waals surface area contributed by atoms with Crippen LogP contribution in [-0.2, 0) is 27.7 Å². The first-order valence-electron chi connectivity index (χ1n) is 9.48. The lowest BCUT2D eigenvalue weighted by molar-refractivity contribution is -0.118. The molecule has 0 bridgehead atoms. The number of carbonyl (C=O) groups excluding carboxylic acids is 1. The van der Waals surface area contributed by atoms with E-state index in [-0.39, 0.29) is 29.8 Å². The molecular weight excluding hydrogens is 377 g/mol. The van der Waals surface area contributed by atoms with Crippen molar-refractivity contribution in [1.29, 1.82) is 0 Å². The topological polar surface area (TPSA) is 63.2 Å². The van der Waals surface area contributed by atoms with Gasteiger partial charge in [0.1, 0.15) is 5.82 Å². The van der Waals surface area contributed by atoms with Gasteiger partial charge in [-0.15, -0.1) is 0 Å². The van der Waals surface area contributed by atoms with E-state index in [1.807, 2.05) is 58.0 Å². The van der Waals surface area contributed by atoms with Crippen LogP contribution in [-0.4, -0.2) is 20.1 Å². The summed E-state index contributed by atoms with van der Waals surface area (Å²) in [6, 6.07) is 12.1. The molecule has 28 heavy (non-hydrogen) atoms. The lowest BCUT2D eigenvalue weighted by Gasteiger charge is -2.20. The summed E-state index contributed by atoms with van der Waals surface area (Å²) in [5.41, 5.74) is 3.08. The van der Waals surface area contributed by atoms with Crippen molar-refractivity contribution in [3.63, 3.8) is 0 Å². The molecule has 0 atom stereocenters. The van der Waals surface area contributed by atoms with E-state index < -0.39 is 15.9 Å². The van der Waals surface area contributed by atoms with E-state index in [4.69, 9.17) is 0 Å². The van der Waals surface area contributed by atoms with Crippen molar-refractivity contribution in [1.82, 2.24) is 4.72 Å². The molecule has 0 aliphatic rings. The molecule has 2 aromatic rings. The maximum Gasteiger partial charge on any atom is 0.237 e. The SMILES string of the molecule is CC(C)c1cc(F)cc(C(C)C)c1CC(=O)NS(=O)(=O)CCc1ccccc1. The number of sulfonamides is 1. The summed E-state index contributed by atoms with van der Waals surface area (Å²) in [6.45, 7) is 7.71. The molecule has 0 aliphatic heterocycles. The van der Waals surface area contributed by atoms with Gasteiger partial charge >= 0.3 is 0 Å². The Morgan fingerprint density at radius 2 is 1.54 bits per heavy atom. The average Bonchev–Trinajstić information content (AvgIpc) is 2.61. The predicted molar refractivity (Wildman–Crippen MR) is 110 cm³/mol. The van der Waals surface area contributed by atoms with E-state index in [0.717, 1.165) is 16.7 Å². The standard InChI is InChI=1S/C22H28FNO3S/c1-15(2)19-12-18(23)13-20(16(3)4)21(19)14-22(25)24-28(26,27)11-10-17-8-6-5-7-9-17/h5-9,12-13,15-16H,10-11,14H2,1-4H3,(H,24,25). The third-order valence-corrected chi connectivity index (χ3v) is 5.92. The second kappa shape index (κ2) is 9.32. The van der Waals surface area contributed by atoms with Gasteiger partial charge in [0.2, 0.25) is 15.9 Å². The van der Waals surface area contributed by atoms with Crippen molar-refractivity contribution in [2.45, 2.75) is 52.4 Å². The number of hydrogen-bond donors (Lipinski definition) is 1.